The van der Waals surface area contributed by atoms with Crippen molar-refractivity contribution in [2.45, 2.75) is 30.7 Å². The molecule has 0 aliphatic rings. The lowest BCUT2D eigenvalue weighted by molar-refractivity contribution is 0.279. The van der Waals surface area contributed by atoms with Crippen LogP contribution in [0.25, 0.3) is 10.9 Å². The van der Waals surface area contributed by atoms with E-state index in [1.54, 1.807) is 25.3 Å². The summed E-state index contributed by atoms with van der Waals surface area (Å²) in [6, 6.07) is 6.11. The van der Waals surface area contributed by atoms with Crippen LogP contribution in [0.4, 0.5) is 0 Å². The van der Waals surface area contributed by atoms with Gasteiger partial charge in [-0.2, -0.15) is 0 Å². The maximum atomic E-state index is 12.5. The quantitative estimate of drug-likeness (QED) is 0.853. The zero-order valence-corrected chi connectivity index (χ0v) is 13.2. The van der Waals surface area contributed by atoms with Gasteiger partial charge in [-0.05, 0) is 44.0 Å². The van der Waals surface area contributed by atoms with Gasteiger partial charge in [-0.25, -0.2) is 13.1 Å². The molecule has 0 amide bonds. The minimum atomic E-state index is -3.66. The van der Waals surface area contributed by atoms with Gasteiger partial charge in [-0.1, -0.05) is 11.6 Å². The van der Waals surface area contributed by atoms with Gasteiger partial charge in [0.1, 0.15) is 0 Å². The number of rotatable bonds is 6. The van der Waals surface area contributed by atoms with Crippen molar-refractivity contribution in [2.75, 3.05) is 6.61 Å². The first-order valence-corrected chi connectivity index (χ1v) is 8.48. The van der Waals surface area contributed by atoms with Crippen molar-refractivity contribution in [1.82, 2.24) is 9.71 Å². The van der Waals surface area contributed by atoms with E-state index in [1.165, 1.54) is 12.1 Å². The molecular weight excluding hydrogens is 312 g/mol. The highest BCUT2D eigenvalue weighted by Gasteiger charge is 2.20. The second-order valence-electron chi connectivity index (χ2n) is 4.83. The van der Waals surface area contributed by atoms with Crippen molar-refractivity contribution in [1.29, 1.82) is 0 Å². The molecule has 0 saturated heterocycles. The maximum Gasteiger partial charge on any atom is 0.241 e. The summed E-state index contributed by atoms with van der Waals surface area (Å²) in [5.41, 5.74) is 0.463. The third-order valence-electron chi connectivity index (χ3n) is 3.12. The Balaban J connectivity index is 2.39. The lowest BCUT2D eigenvalue weighted by Gasteiger charge is -2.15. The number of nitrogens with one attached hydrogen (secondary N) is 1. The minimum Gasteiger partial charge on any atom is -0.396 e. The maximum absolute atomic E-state index is 12.5. The molecule has 0 bridgehead atoms. The number of halogens is 1. The van der Waals surface area contributed by atoms with E-state index in [0.29, 0.717) is 28.8 Å². The molecule has 0 aliphatic carbocycles. The summed E-state index contributed by atoms with van der Waals surface area (Å²) in [6.07, 6.45) is 2.69. The Morgan fingerprint density at radius 1 is 1.38 bits per heavy atom. The van der Waals surface area contributed by atoms with Crippen molar-refractivity contribution >= 4 is 32.5 Å². The zero-order chi connectivity index (χ0) is 15.5. The molecular formula is C14H17ClN2O3S. The third kappa shape index (κ3) is 3.71. The highest BCUT2D eigenvalue weighted by Crippen LogP contribution is 2.27. The summed E-state index contributed by atoms with van der Waals surface area (Å²) in [7, 11) is -3.66. The van der Waals surface area contributed by atoms with Crippen LogP contribution in [-0.2, 0) is 10.0 Å². The lowest BCUT2D eigenvalue weighted by Crippen LogP contribution is -2.32. The number of sulfonamides is 1. The Morgan fingerprint density at radius 3 is 2.86 bits per heavy atom. The van der Waals surface area contributed by atoms with E-state index in [9.17, 15) is 8.42 Å². The van der Waals surface area contributed by atoms with Gasteiger partial charge in [0, 0.05) is 24.2 Å². The van der Waals surface area contributed by atoms with Gasteiger partial charge in [-0.3, -0.25) is 4.98 Å². The molecule has 0 spiro atoms. The zero-order valence-electron chi connectivity index (χ0n) is 11.6. The number of pyridine rings is 1. The standard InChI is InChI=1S/C14H17ClN2O3S/c1-10(4-3-9-18)17-21(19,20)13-7-6-12(15)14-11(13)5-2-8-16-14/h2,5-8,10,17-18H,3-4,9H2,1H3. The van der Waals surface area contributed by atoms with E-state index in [-0.39, 0.29) is 17.5 Å². The van der Waals surface area contributed by atoms with Gasteiger partial charge < -0.3 is 5.11 Å². The number of fused-ring (bicyclic) bond motifs is 1. The van der Waals surface area contributed by atoms with E-state index in [2.05, 4.69) is 9.71 Å². The smallest absolute Gasteiger partial charge is 0.241 e. The fourth-order valence-electron chi connectivity index (χ4n) is 2.13. The number of hydrogen-bond acceptors (Lipinski definition) is 4. The normalized spacial score (nSPS) is 13.5. The van der Waals surface area contributed by atoms with Gasteiger partial charge >= 0.3 is 0 Å². The summed E-state index contributed by atoms with van der Waals surface area (Å²) >= 11 is 6.05. The van der Waals surface area contributed by atoms with Crippen LogP contribution in [0.2, 0.25) is 5.02 Å². The Labute approximate surface area is 129 Å². The average Bonchev–Trinajstić information content (AvgIpc) is 2.45. The van der Waals surface area contributed by atoms with Crippen LogP contribution in [-0.4, -0.2) is 31.2 Å². The number of nitrogens with zero attached hydrogens (tertiary/aromatic N) is 1. The number of aliphatic hydroxyl groups excluding tert-OH is 1. The van der Waals surface area contributed by atoms with Crippen LogP contribution in [0.5, 0.6) is 0 Å². The van der Waals surface area contributed by atoms with Crippen molar-refractivity contribution in [3.8, 4) is 0 Å². The molecule has 1 aromatic heterocycles. The molecule has 2 aromatic rings. The molecule has 0 saturated carbocycles. The molecule has 2 rings (SSSR count). The molecule has 1 aromatic carbocycles. The highest BCUT2D eigenvalue weighted by atomic mass is 35.5. The first-order valence-electron chi connectivity index (χ1n) is 6.62. The third-order valence-corrected chi connectivity index (χ3v) is 5.07. The summed E-state index contributed by atoms with van der Waals surface area (Å²) < 4.78 is 27.6. The predicted octanol–water partition coefficient (Wildman–Crippen LogP) is 2.33. The molecule has 7 heteroatoms. The number of aliphatic hydroxyl groups is 1. The Hall–Kier alpha value is -1.21. The van der Waals surface area contributed by atoms with Crippen molar-refractivity contribution in [3.05, 3.63) is 35.5 Å². The minimum absolute atomic E-state index is 0.0415. The van der Waals surface area contributed by atoms with E-state index < -0.39 is 10.0 Å². The van der Waals surface area contributed by atoms with Crippen molar-refractivity contribution < 1.29 is 13.5 Å². The van der Waals surface area contributed by atoms with Crippen LogP contribution in [0.15, 0.2) is 35.4 Å². The van der Waals surface area contributed by atoms with Crippen LogP contribution in [0.1, 0.15) is 19.8 Å². The van der Waals surface area contributed by atoms with E-state index in [1.807, 2.05) is 0 Å². The van der Waals surface area contributed by atoms with Crippen LogP contribution in [0.3, 0.4) is 0 Å². The summed E-state index contributed by atoms with van der Waals surface area (Å²) in [5.74, 6) is 0. The number of benzene rings is 1. The topological polar surface area (TPSA) is 79.3 Å². The molecule has 2 N–H and O–H groups in total. The molecule has 21 heavy (non-hydrogen) atoms. The Morgan fingerprint density at radius 2 is 2.14 bits per heavy atom. The first kappa shape index (κ1) is 16.2. The number of aromatic nitrogens is 1. The lowest BCUT2D eigenvalue weighted by atomic mass is 10.2. The molecule has 0 aliphatic heterocycles. The second-order valence-corrected chi connectivity index (χ2v) is 6.92. The van der Waals surface area contributed by atoms with Gasteiger partial charge in [0.25, 0.3) is 0 Å². The fourth-order valence-corrected chi connectivity index (χ4v) is 3.82. The van der Waals surface area contributed by atoms with Crippen LogP contribution in [0, 0.1) is 0 Å². The molecule has 0 radical (unpaired) electrons. The first-order chi connectivity index (χ1) is 9.95. The largest absolute Gasteiger partial charge is 0.396 e. The van der Waals surface area contributed by atoms with E-state index in [0.717, 1.165) is 0 Å². The fraction of sp³-hybridized carbons (Fsp3) is 0.357. The van der Waals surface area contributed by atoms with Crippen molar-refractivity contribution in [3.63, 3.8) is 0 Å². The van der Waals surface area contributed by atoms with Crippen molar-refractivity contribution in [2.24, 2.45) is 0 Å². The molecule has 1 atom stereocenters. The average molecular weight is 329 g/mol. The summed E-state index contributed by atoms with van der Waals surface area (Å²) in [5, 5.41) is 9.71. The molecule has 114 valence electrons. The number of hydrogen-bond donors (Lipinski definition) is 2. The molecule has 0 fully saturated rings. The summed E-state index contributed by atoms with van der Waals surface area (Å²) in [6.45, 7) is 1.81. The summed E-state index contributed by atoms with van der Waals surface area (Å²) in [4.78, 5) is 4.28. The Kier molecular flexibility index (Phi) is 5.16. The molecule has 1 unspecified atom stereocenters. The van der Waals surface area contributed by atoms with E-state index >= 15 is 0 Å². The molecule has 5 nitrogen and oxygen atoms in total. The predicted molar refractivity (Wildman–Crippen MR) is 82.9 cm³/mol. The van der Waals surface area contributed by atoms with Crippen LogP contribution >= 0.6 is 11.6 Å². The van der Waals surface area contributed by atoms with Gasteiger partial charge in [-0.15, -0.1) is 0 Å². The van der Waals surface area contributed by atoms with Gasteiger partial charge in [0.15, 0.2) is 0 Å². The SMILES string of the molecule is CC(CCCO)NS(=O)(=O)c1ccc(Cl)c2ncccc12. The van der Waals surface area contributed by atoms with E-state index in [4.69, 9.17) is 16.7 Å². The van der Waals surface area contributed by atoms with Crippen LogP contribution < -0.4 is 4.72 Å². The molecule has 1 heterocycles. The van der Waals surface area contributed by atoms with Gasteiger partial charge in [0.05, 0.1) is 15.4 Å². The second kappa shape index (κ2) is 6.70. The van der Waals surface area contributed by atoms with Gasteiger partial charge in [0.2, 0.25) is 10.0 Å². The Bertz CT molecular complexity index is 734. The highest BCUT2D eigenvalue weighted by molar-refractivity contribution is 7.89. The monoisotopic (exact) mass is 328 g/mol.